The Morgan fingerprint density at radius 3 is 3.08 bits per heavy atom. The first kappa shape index (κ1) is 15.2. The molecule has 2 aliphatic heterocycles. The average molecular weight is 346 g/mol. The zero-order chi connectivity index (χ0) is 16.8. The molecule has 1 saturated heterocycles. The molecule has 1 amide bonds. The molecule has 0 spiro atoms. The summed E-state index contributed by atoms with van der Waals surface area (Å²) in [7, 11) is 0. The van der Waals surface area contributed by atoms with Gasteiger partial charge in [-0.15, -0.1) is 0 Å². The van der Waals surface area contributed by atoms with Crippen molar-refractivity contribution in [2.24, 2.45) is 0 Å². The molecule has 0 saturated carbocycles. The van der Waals surface area contributed by atoms with Gasteiger partial charge in [0.2, 0.25) is 0 Å². The zero-order valence-electron chi connectivity index (χ0n) is 13.2. The lowest BCUT2D eigenvalue weighted by molar-refractivity contribution is 0.0513. The highest BCUT2D eigenvalue weighted by atomic mass is 35.5. The number of imidazole rings is 1. The van der Waals surface area contributed by atoms with Gasteiger partial charge in [0.15, 0.2) is 5.69 Å². The van der Waals surface area contributed by atoms with E-state index in [1.54, 1.807) is 34.9 Å². The minimum absolute atomic E-state index is 0.100. The highest BCUT2D eigenvalue weighted by Gasteiger charge is 2.40. The van der Waals surface area contributed by atoms with Gasteiger partial charge in [-0.1, -0.05) is 17.7 Å². The van der Waals surface area contributed by atoms with Crippen molar-refractivity contribution >= 4 is 23.5 Å². The standard InChI is InChI=1S/C17H16ClN3O3/c1-2-24-17(23)14-15-12-7-4-8-20(12)16(22)13-10(18)5-3-6-11(13)21(15)9-19-14/h3,5-6,9,12H,2,4,7-8H2,1H3/t12-/m0/s1. The predicted octanol–water partition coefficient (Wildman–Crippen LogP) is 2.99. The van der Waals surface area contributed by atoms with Gasteiger partial charge in [-0.05, 0) is 31.9 Å². The molecule has 1 aromatic heterocycles. The molecular formula is C17H16ClN3O3. The van der Waals surface area contributed by atoms with Gasteiger partial charge in [0, 0.05) is 6.54 Å². The van der Waals surface area contributed by atoms with Crippen molar-refractivity contribution in [3.8, 4) is 5.69 Å². The third-order valence-corrected chi connectivity index (χ3v) is 4.88. The Kier molecular flexibility index (Phi) is 3.57. The number of carbonyl (C=O) groups is 2. The summed E-state index contributed by atoms with van der Waals surface area (Å²) in [5, 5.41) is 0.405. The van der Waals surface area contributed by atoms with E-state index in [-0.39, 0.29) is 24.2 Å². The van der Waals surface area contributed by atoms with Crippen molar-refractivity contribution < 1.29 is 14.3 Å². The average Bonchev–Trinajstić information content (AvgIpc) is 3.18. The third-order valence-electron chi connectivity index (χ3n) is 4.57. The molecule has 7 heteroatoms. The minimum atomic E-state index is -0.462. The SMILES string of the molecule is CCOC(=O)c1ncn2c1[C@@H]1CCCN1C(=O)c1c(Cl)cccc1-2. The molecule has 1 aromatic carbocycles. The molecule has 0 radical (unpaired) electrons. The molecule has 0 bridgehead atoms. The normalized spacial score (nSPS) is 18.7. The Morgan fingerprint density at radius 1 is 1.46 bits per heavy atom. The van der Waals surface area contributed by atoms with Crippen LogP contribution < -0.4 is 0 Å². The second-order valence-electron chi connectivity index (χ2n) is 5.86. The highest BCUT2D eigenvalue weighted by molar-refractivity contribution is 6.34. The molecule has 2 aliphatic rings. The number of nitrogens with zero attached hydrogens (tertiary/aromatic N) is 3. The summed E-state index contributed by atoms with van der Waals surface area (Å²) in [5.41, 5.74) is 2.09. The smallest absolute Gasteiger partial charge is 0.358 e. The zero-order valence-corrected chi connectivity index (χ0v) is 13.9. The van der Waals surface area contributed by atoms with Gasteiger partial charge in [0.1, 0.15) is 6.33 Å². The van der Waals surface area contributed by atoms with Crippen LogP contribution in [-0.4, -0.2) is 39.5 Å². The van der Waals surface area contributed by atoms with E-state index >= 15 is 0 Å². The number of benzene rings is 1. The molecule has 4 rings (SSSR count). The molecule has 0 unspecified atom stereocenters. The van der Waals surface area contributed by atoms with Crippen molar-refractivity contribution in [2.75, 3.05) is 13.2 Å². The van der Waals surface area contributed by atoms with Crippen LogP contribution in [0.15, 0.2) is 24.5 Å². The summed E-state index contributed by atoms with van der Waals surface area (Å²) in [6.07, 6.45) is 3.24. The van der Waals surface area contributed by atoms with Crippen LogP contribution in [0.4, 0.5) is 0 Å². The van der Waals surface area contributed by atoms with E-state index in [1.807, 2.05) is 6.07 Å². The largest absolute Gasteiger partial charge is 0.461 e. The molecule has 1 atom stereocenters. The minimum Gasteiger partial charge on any atom is -0.461 e. The Balaban J connectivity index is 1.99. The van der Waals surface area contributed by atoms with Gasteiger partial charge >= 0.3 is 5.97 Å². The second-order valence-corrected chi connectivity index (χ2v) is 6.27. The summed E-state index contributed by atoms with van der Waals surface area (Å²) < 4.78 is 6.94. The molecule has 2 aromatic rings. The first-order chi connectivity index (χ1) is 11.6. The van der Waals surface area contributed by atoms with Crippen molar-refractivity contribution in [1.82, 2.24) is 14.5 Å². The van der Waals surface area contributed by atoms with Gasteiger partial charge in [-0.3, -0.25) is 9.36 Å². The monoisotopic (exact) mass is 345 g/mol. The maximum atomic E-state index is 13.0. The fourth-order valence-electron chi connectivity index (χ4n) is 3.59. The van der Waals surface area contributed by atoms with Crippen LogP contribution in [-0.2, 0) is 4.74 Å². The number of aromatic nitrogens is 2. The third kappa shape index (κ3) is 2.06. The maximum Gasteiger partial charge on any atom is 0.358 e. The first-order valence-corrected chi connectivity index (χ1v) is 8.35. The predicted molar refractivity (Wildman–Crippen MR) is 87.5 cm³/mol. The van der Waals surface area contributed by atoms with Gasteiger partial charge in [-0.2, -0.15) is 0 Å². The number of ether oxygens (including phenoxy) is 1. The quantitative estimate of drug-likeness (QED) is 0.785. The Labute approximate surface area is 144 Å². The number of halogens is 1. The Bertz CT molecular complexity index is 846. The van der Waals surface area contributed by atoms with Crippen molar-refractivity contribution in [3.05, 3.63) is 46.5 Å². The van der Waals surface area contributed by atoms with Crippen LogP contribution in [0.5, 0.6) is 0 Å². The summed E-state index contributed by atoms with van der Waals surface area (Å²) >= 11 is 6.31. The number of amides is 1. The molecule has 1 fully saturated rings. The number of esters is 1. The summed E-state index contributed by atoms with van der Waals surface area (Å²) in [6, 6.07) is 5.13. The van der Waals surface area contributed by atoms with Gasteiger partial charge < -0.3 is 9.64 Å². The molecule has 24 heavy (non-hydrogen) atoms. The molecule has 124 valence electrons. The van der Waals surface area contributed by atoms with Gasteiger partial charge in [0.25, 0.3) is 5.91 Å². The Hall–Kier alpha value is -2.34. The fourth-order valence-corrected chi connectivity index (χ4v) is 3.84. The molecule has 0 aliphatic carbocycles. The van der Waals surface area contributed by atoms with Gasteiger partial charge in [0.05, 0.1) is 34.6 Å². The van der Waals surface area contributed by atoms with Gasteiger partial charge in [-0.25, -0.2) is 9.78 Å². The van der Waals surface area contributed by atoms with Crippen molar-refractivity contribution in [1.29, 1.82) is 0 Å². The number of rotatable bonds is 2. The summed E-state index contributed by atoms with van der Waals surface area (Å²) in [5.74, 6) is -0.562. The van der Waals surface area contributed by atoms with Crippen molar-refractivity contribution in [3.63, 3.8) is 0 Å². The van der Waals surface area contributed by atoms with Crippen LogP contribution in [0.25, 0.3) is 5.69 Å². The van der Waals surface area contributed by atoms with E-state index in [0.29, 0.717) is 28.5 Å². The second kappa shape index (κ2) is 5.63. The van der Waals surface area contributed by atoms with E-state index < -0.39 is 5.97 Å². The maximum absolute atomic E-state index is 13.0. The lowest BCUT2D eigenvalue weighted by Gasteiger charge is -2.23. The van der Waals surface area contributed by atoms with Crippen LogP contribution in [0, 0.1) is 0 Å². The fraction of sp³-hybridized carbons (Fsp3) is 0.353. The highest BCUT2D eigenvalue weighted by Crippen LogP contribution is 2.41. The van der Waals surface area contributed by atoms with Crippen LogP contribution in [0.3, 0.4) is 0 Å². The number of hydrogen-bond donors (Lipinski definition) is 0. The van der Waals surface area contributed by atoms with Crippen LogP contribution >= 0.6 is 11.6 Å². The lowest BCUT2D eigenvalue weighted by Crippen LogP contribution is -2.30. The number of fused-ring (bicyclic) bond motifs is 5. The van der Waals surface area contributed by atoms with Crippen LogP contribution in [0.2, 0.25) is 5.02 Å². The molecule has 0 N–H and O–H groups in total. The molecule has 3 heterocycles. The van der Waals surface area contributed by atoms with E-state index in [9.17, 15) is 9.59 Å². The molecule has 6 nitrogen and oxygen atoms in total. The summed E-state index contributed by atoms with van der Waals surface area (Å²) in [4.78, 5) is 31.4. The van der Waals surface area contributed by atoms with E-state index in [2.05, 4.69) is 4.98 Å². The van der Waals surface area contributed by atoms with E-state index in [1.165, 1.54) is 0 Å². The first-order valence-electron chi connectivity index (χ1n) is 7.97. The topological polar surface area (TPSA) is 64.4 Å². The summed E-state index contributed by atoms with van der Waals surface area (Å²) in [6.45, 7) is 2.68. The number of carbonyl (C=O) groups excluding carboxylic acids is 2. The number of hydrogen-bond acceptors (Lipinski definition) is 4. The van der Waals surface area contributed by atoms with E-state index in [4.69, 9.17) is 16.3 Å². The van der Waals surface area contributed by atoms with Crippen LogP contribution in [0.1, 0.15) is 52.3 Å². The molecular weight excluding hydrogens is 330 g/mol. The lowest BCUT2D eigenvalue weighted by atomic mass is 10.1. The van der Waals surface area contributed by atoms with Crippen molar-refractivity contribution in [2.45, 2.75) is 25.8 Å². The van der Waals surface area contributed by atoms with E-state index in [0.717, 1.165) is 12.8 Å². The Morgan fingerprint density at radius 2 is 2.29 bits per heavy atom.